The molecule has 1 saturated heterocycles. The van der Waals surface area contributed by atoms with E-state index in [4.69, 9.17) is 9.15 Å². The lowest BCUT2D eigenvalue weighted by Crippen LogP contribution is -2.24. The van der Waals surface area contributed by atoms with Crippen molar-refractivity contribution < 1.29 is 9.15 Å². The van der Waals surface area contributed by atoms with Crippen LogP contribution in [0.5, 0.6) is 5.75 Å². The summed E-state index contributed by atoms with van der Waals surface area (Å²) in [6, 6.07) is 7.68. The molecule has 2 heterocycles. The Hall–Kier alpha value is -1.88. The molecule has 1 aliphatic rings. The number of ether oxygens (including phenoxy) is 1. The standard InChI is InChI=1S/C17H23N3O2/c1-12(2)10-20-9-8-14(11-20)17-19-18-16(22-17)13-4-6-15(21-3)7-5-13/h4-7,12,14H,8-11H2,1-3H3/t14-/m0/s1. The fraction of sp³-hybridized carbons (Fsp3) is 0.529. The summed E-state index contributed by atoms with van der Waals surface area (Å²) in [4.78, 5) is 2.48. The number of hydrogen-bond donors (Lipinski definition) is 0. The monoisotopic (exact) mass is 301 g/mol. The topological polar surface area (TPSA) is 51.4 Å². The average Bonchev–Trinajstić information content (AvgIpc) is 3.15. The Bertz CT molecular complexity index is 607. The molecule has 0 amide bonds. The second kappa shape index (κ2) is 6.48. The van der Waals surface area contributed by atoms with Crippen molar-refractivity contribution in [2.75, 3.05) is 26.7 Å². The van der Waals surface area contributed by atoms with Crippen LogP contribution in [0.4, 0.5) is 0 Å². The van der Waals surface area contributed by atoms with Gasteiger partial charge in [-0.05, 0) is 43.1 Å². The highest BCUT2D eigenvalue weighted by Gasteiger charge is 2.28. The van der Waals surface area contributed by atoms with Crippen LogP contribution in [0.15, 0.2) is 28.7 Å². The van der Waals surface area contributed by atoms with E-state index in [9.17, 15) is 0 Å². The largest absolute Gasteiger partial charge is 0.497 e. The van der Waals surface area contributed by atoms with Crippen molar-refractivity contribution in [1.29, 1.82) is 0 Å². The number of hydrogen-bond acceptors (Lipinski definition) is 5. The number of likely N-dealkylation sites (tertiary alicyclic amines) is 1. The maximum Gasteiger partial charge on any atom is 0.247 e. The zero-order valence-electron chi connectivity index (χ0n) is 13.5. The van der Waals surface area contributed by atoms with Crippen LogP contribution in [0.25, 0.3) is 11.5 Å². The van der Waals surface area contributed by atoms with Gasteiger partial charge in [0.15, 0.2) is 0 Å². The molecule has 1 atom stereocenters. The Morgan fingerprint density at radius 1 is 1.27 bits per heavy atom. The van der Waals surface area contributed by atoms with E-state index in [0.29, 0.717) is 17.7 Å². The normalized spacial score (nSPS) is 19.0. The molecule has 1 aromatic heterocycles. The molecule has 5 nitrogen and oxygen atoms in total. The molecule has 0 bridgehead atoms. The molecule has 0 saturated carbocycles. The summed E-state index contributed by atoms with van der Waals surface area (Å²) in [6.45, 7) is 7.77. The van der Waals surface area contributed by atoms with Gasteiger partial charge in [-0.3, -0.25) is 0 Å². The van der Waals surface area contributed by atoms with Crippen LogP contribution in [0.3, 0.4) is 0 Å². The predicted molar refractivity (Wildman–Crippen MR) is 84.9 cm³/mol. The van der Waals surface area contributed by atoms with Gasteiger partial charge in [0.25, 0.3) is 0 Å². The third-order valence-corrected chi connectivity index (χ3v) is 4.02. The maximum atomic E-state index is 5.89. The van der Waals surface area contributed by atoms with Crippen molar-refractivity contribution in [2.45, 2.75) is 26.2 Å². The van der Waals surface area contributed by atoms with Gasteiger partial charge in [0.2, 0.25) is 11.8 Å². The van der Waals surface area contributed by atoms with E-state index < -0.39 is 0 Å². The van der Waals surface area contributed by atoms with Crippen LogP contribution in [0, 0.1) is 5.92 Å². The summed E-state index contributed by atoms with van der Waals surface area (Å²) < 4.78 is 11.1. The lowest BCUT2D eigenvalue weighted by atomic mass is 10.1. The van der Waals surface area contributed by atoms with Gasteiger partial charge in [-0.15, -0.1) is 10.2 Å². The van der Waals surface area contributed by atoms with Crippen LogP contribution in [-0.4, -0.2) is 41.8 Å². The number of methoxy groups -OCH3 is 1. The van der Waals surface area contributed by atoms with Gasteiger partial charge in [0, 0.05) is 18.7 Å². The molecule has 0 spiro atoms. The van der Waals surface area contributed by atoms with Crippen LogP contribution >= 0.6 is 0 Å². The highest BCUT2D eigenvalue weighted by Crippen LogP contribution is 2.29. The van der Waals surface area contributed by atoms with Gasteiger partial charge in [0.1, 0.15) is 5.75 Å². The number of nitrogens with zero attached hydrogens (tertiary/aromatic N) is 3. The first-order chi connectivity index (χ1) is 10.7. The molecule has 22 heavy (non-hydrogen) atoms. The molecule has 1 aliphatic heterocycles. The molecule has 3 rings (SSSR count). The molecule has 5 heteroatoms. The Kier molecular flexibility index (Phi) is 4.43. The van der Waals surface area contributed by atoms with Crippen LogP contribution in [0.1, 0.15) is 32.1 Å². The number of benzene rings is 1. The molecule has 1 fully saturated rings. The minimum absolute atomic E-state index is 0.359. The summed E-state index contributed by atoms with van der Waals surface area (Å²) in [5, 5.41) is 8.45. The van der Waals surface area contributed by atoms with Crippen molar-refractivity contribution in [3.63, 3.8) is 0 Å². The molecular formula is C17H23N3O2. The zero-order chi connectivity index (χ0) is 15.5. The smallest absolute Gasteiger partial charge is 0.247 e. The fourth-order valence-corrected chi connectivity index (χ4v) is 2.97. The van der Waals surface area contributed by atoms with Crippen LogP contribution in [-0.2, 0) is 0 Å². The van der Waals surface area contributed by atoms with Crippen molar-refractivity contribution in [2.24, 2.45) is 5.92 Å². The SMILES string of the molecule is COc1ccc(-c2nnc([C@H]3CCN(CC(C)C)C3)o2)cc1. The zero-order valence-corrected chi connectivity index (χ0v) is 13.5. The molecule has 2 aromatic rings. The molecule has 0 unspecified atom stereocenters. The molecule has 0 N–H and O–H groups in total. The van der Waals surface area contributed by atoms with E-state index in [1.165, 1.54) is 0 Å². The summed E-state index contributed by atoms with van der Waals surface area (Å²) >= 11 is 0. The van der Waals surface area contributed by atoms with Gasteiger partial charge in [-0.1, -0.05) is 13.8 Å². The molecule has 1 aromatic carbocycles. The second-order valence-electron chi connectivity index (χ2n) is 6.31. The molecular weight excluding hydrogens is 278 g/mol. The molecule has 0 radical (unpaired) electrons. The second-order valence-corrected chi connectivity index (χ2v) is 6.31. The minimum atomic E-state index is 0.359. The van der Waals surface area contributed by atoms with E-state index in [0.717, 1.165) is 43.3 Å². The first-order valence-corrected chi connectivity index (χ1v) is 7.86. The maximum absolute atomic E-state index is 5.89. The van der Waals surface area contributed by atoms with Gasteiger partial charge in [0.05, 0.1) is 13.0 Å². The summed E-state index contributed by atoms with van der Waals surface area (Å²) in [5.41, 5.74) is 0.927. The lowest BCUT2D eigenvalue weighted by molar-refractivity contribution is 0.290. The van der Waals surface area contributed by atoms with E-state index in [-0.39, 0.29) is 0 Å². The highest BCUT2D eigenvalue weighted by atomic mass is 16.5. The summed E-state index contributed by atoms with van der Waals surface area (Å²) in [5.74, 6) is 3.22. The molecule has 0 aliphatic carbocycles. The van der Waals surface area contributed by atoms with Gasteiger partial charge in [-0.25, -0.2) is 0 Å². The minimum Gasteiger partial charge on any atom is -0.497 e. The predicted octanol–water partition coefficient (Wildman–Crippen LogP) is 3.19. The summed E-state index contributed by atoms with van der Waals surface area (Å²) in [6.07, 6.45) is 1.09. The Morgan fingerprint density at radius 2 is 2.05 bits per heavy atom. The number of rotatable bonds is 5. The lowest BCUT2D eigenvalue weighted by Gasteiger charge is -2.17. The third-order valence-electron chi connectivity index (χ3n) is 4.02. The van der Waals surface area contributed by atoms with E-state index in [1.54, 1.807) is 7.11 Å². The Morgan fingerprint density at radius 3 is 2.73 bits per heavy atom. The van der Waals surface area contributed by atoms with Gasteiger partial charge < -0.3 is 14.1 Å². The quantitative estimate of drug-likeness (QED) is 0.849. The Labute approximate surface area is 131 Å². The van der Waals surface area contributed by atoms with Crippen LogP contribution < -0.4 is 4.74 Å². The van der Waals surface area contributed by atoms with Crippen molar-refractivity contribution >= 4 is 0 Å². The highest BCUT2D eigenvalue weighted by molar-refractivity contribution is 5.54. The van der Waals surface area contributed by atoms with Gasteiger partial charge in [-0.2, -0.15) is 0 Å². The average molecular weight is 301 g/mol. The van der Waals surface area contributed by atoms with E-state index in [2.05, 4.69) is 28.9 Å². The fourth-order valence-electron chi connectivity index (χ4n) is 2.97. The van der Waals surface area contributed by atoms with Crippen LogP contribution in [0.2, 0.25) is 0 Å². The molecule has 118 valence electrons. The van der Waals surface area contributed by atoms with Crippen molar-refractivity contribution in [3.05, 3.63) is 30.2 Å². The first kappa shape index (κ1) is 15.0. The van der Waals surface area contributed by atoms with Crippen molar-refractivity contribution in [1.82, 2.24) is 15.1 Å². The Balaban J connectivity index is 1.68. The number of aromatic nitrogens is 2. The third kappa shape index (κ3) is 3.30. The van der Waals surface area contributed by atoms with E-state index in [1.807, 2.05) is 24.3 Å². The van der Waals surface area contributed by atoms with Crippen molar-refractivity contribution in [3.8, 4) is 17.2 Å². The van der Waals surface area contributed by atoms with E-state index >= 15 is 0 Å². The summed E-state index contributed by atoms with van der Waals surface area (Å²) in [7, 11) is 1.66. The first-order valence-electron chi connectivity index (χ1n) is 7.86. The van der Waals surface area contributed by atoms with Gasteiger partial charge >= 0.3 is 0 Å².